The van der Waals surface area contributed by atoms with Crippen molar-refractivity contribution in [2.45, 2.75) is 0 Å². The molecule has 2 amide bonds. The molecule has 3 aromatic rings. The van der Waals surface area contributed by atoms with Crippen LogP contribution >= 0.6 is 0 Å². The lowest BCUT2D eigenvalue weighted by Gasteiger charge is -2.08. The van der Waals surface area contributed by atoms with Gasteiger partial charge in [0.05, 0.1) is 6.33 Å². The molecule has 120 valence electrons. The number of nitrogens with one attached hydrogen (secondary N) is 2. The van der Waals surface area contributed by atoms with Crippen LogP contribution in [0.5, 0.6) is 0 Å². The van der Waals surface area contributed by atoms with Gasteiger partial charge in [-0.05, 0) is 24.3 Å². The molecule has 0 fully saturated rings. The van der Waals surface area contributed by atoms with E-state index in [9.17, 15) is 9.59 Å². The van der Waals surface area contributed by atoms with Crippen molar-refractivity contribution in [3.63, 3.8) is 0 Å². The molecule has 0 aliphatic rings. The average molecular weight is 320 g/mol. The SMILES string of the molecule is Cn1cnc(C(=O)Nc2ccccc2)c1C(=O)Nc1ccccc1. The van der Waals surface area contributed by atoms with Gasteiger partial charge in [0.25, 0.3) is 11.8 Å². The number of benzene rings is 2. The highest BCUT2D eigenvalue weighted by Crippen LogP contribution is 2.14. The van der Waals surface area contributed by atoms with Gasteiger partial charge in [0, 0.05) is 18.4 Å². The molecule has 3 rings (SSSR count). The molecule has 0 saturated carbocycles. The van der Waals surface area contributed by atoms with Gasteiger partial charge < -0.3 is 15.2 Å². The maximum atomic E-state index is 12.5. The normalized spacial score (nSPS) is 10.2. The zero-order valence-electron chi connectivity index (χ0n) is 13.1. The molecule has 0 aliphatic heterocycles. The average Bonchev–Trinajstić information content (AvgIpc) is 2.98. The molecule has 0 radical (unpaired) electrons. The third kappa shape index (κ3) is 3.33. The van der Waals surface area contributed by atoms with Gasteiger partial charge in [0.15, 0.2) is 5.69 Å². The first-order valence-electron chi connectivity index (χ1n) is 7.39. The van der Waals surface area contributed by atoms with Crippen molar-refractivity contribution < 1.29 is 9.59 Å². The van der Waals surface area contributed by atoms with Crippen LogP contribution < -0.4 is 10.6 Å². The summed E-state index contributed by atoms with van der Waals surface area (Å²) in [6.07, 6.45) is 1.44. The second-order valence-corrected chi connectivity index (χ2v) is 5.19. The largest absolute Gasteiger partial charge is 0.329 e. The summed E-state index contributed by atoms with van der Waals surface area (Å²) in [5, 5.41) is 5.50. The molecule has 0 spiro atoms. The molecule has 6 nitrogen and oxygen atoms in total. The minimum Gasteiger partial charge on any atom is -0.329 e. The smallest absolute Gasteiger partial charge is 0.276 e. The number of amides is 2. The number of hydrogen-bond acceptors (Lipinski definition) is 3. The Hall–Kier alpha value is -3.41. The Bertz CT molecular complexity index is 857. The lowest BCUT2D eigenvalue weighted by molar-refractivity contribution is 0.0983. The molecule has 0 atom stereocenters. The standard InChI is InChI=1S/C18H16N4O2/c1-22-12-19-15(17(23)20-13-8-4-2-5-9-13)16(22)18(24)21-14-10-6-3-7-11-14/h2-12H,1H3,(H,20,23)(H,21,24). The molecule has 2 aromatic carbocycles. The Kier molecular flexibility index (Phi) is 4.38. The zero-order chi connectivity index (χ0) is 16.9. The van der Waals surface area contributed by atoms with Crippen molar-refractivity contribution in [2.75, 3.05) is 10.6 Å². The molecule has 1 aromatic heterocycles. The van der Waals surface area contributed by atoms with Crippen LogP contribution in [0.3, 0.4) is 0 Å². The zero-order valence-corrected chi connectivity index (χ0v) is 13.1. The van der Waals surface area contributed by atoms with Gasteiger partial charge in [-0.2, -0.15) is 0 Å². The number of aromatic nitrogens is 2. The molecule has 0 aliphatic carbocycles. The monoisotopic (exact) mass is 320 g/mol. The van der Waals surface area contributed by atoms with Gasteiger partial charge >= 0.3 is 0 Å². The van der Waals surface area contributed by atoms with Crippen molar-refractivity contribution in [1.29, 1.82) is 0 Å². The summed E-state index contributed by atoms with van der Waals surface area (Å²) in [5.74, 6) is -0.820. The van der Waals surface area contributed by atoms with E-state index in [0.717, 1.165) is 0 Å². The number of hydrogen-bond donors (Lipinski definition) is 2. The Morgan fingerprint density at radius 3 is 1.88 bits per heavy atom. The van der Waals surface area contributed by atoms with E-state index in [1.807, 2.05) is 36.4 Å². The third-order valence-corrected chi connectivity index (χ3v) is 3.43. The highest BCUT2D eigenvalue weighted by Gasteiger charge is 2.22. The van der Waals surface area contributed by atoms with Crippen molar-refractivity contribution >= 4 is 23.2 Å². The van der Waals surface area contributed by atoms with E-state index in [1.165, 1.54) is 10.9 Å². The van der Waals surface area contributed by atoms with Crippen molar-refractivity contribution in [3.8, 4) is 0 Å². The van der Waals surface area contributed by atoms with E-state index in [0.29, 0.717) is 11.4 Å². The Morgan fingerprint density at radius 1 is 0.833 bits per heavy atom. The summed E-state index contributed by atoms with van der Waals surface area (Å²) < 4.78 is 1.53. The number of carbonyl (C=O) groups is 2. The Balaban J connectivity index is 1.83. The van der Waals surface area contributed by atoms with Crippen LogP contribution in [0.2, 0.25) is 0 Å². The minimum atomic E-state index is -0.431. The minimum absolute atomic E-state index is 0.0785. The second kappa shape index (κ2) is 6.78. The Labute approximate surface area is 139 Å². The fourth-order valence-electron chi connectivity index (χ4n) is 2.29. The quantitative estimate of drug-likeness (QED) is 0.776. The summed E-state index contributed by atoms with van der Waals surface area (Å²) in [4.78, 5) is 29.0. The van der Waals surface area contributed by atoms with Gasteiger partial charge in [0.1, 0.15) is 5.69 Å². The maximum Gasteiger partial charge on any atom is 0.276 e. The first kappa shape index (κ1) is 15.5. The van der Waals surface area contributed by atoms with E-state index in [4.69, 9.17) is 0 Å². The summed E-state index contributed by atoms with van der Waals surface area (Å²) >= 11 is 0. The van der Waals surface area contributed by atoms with E-state index >= 15 is 0 Å². The van der Waals surface area contributed by atoms with E-state index in [2.05, 4.69) is 15.6 Å². The molecule has 2 N–H and O–H groups in total. The predicted molar refractivity (Wildman–Crippen MR) is 92.0 cm³/mol. The topological polar surface area (TPSA) is 76.0 Å². The molecular formula is C18H16N4O2. The van der Waals surface area contributed by atoms with E-state index in [1.54, 1.807) is 31.3 Å². The summed E-state index contributed by atoms with van der Waals surface area (Å²) in [5.41, 5.74) is 1.57. The number of aryl methyl sites for hydroxylation is 1. The van der Waals surface area contributed by atoms with Crippen molar-refractivity contribution in [2.24, 2.45) is 7.05 Å². The van der Waals surface area contributed by atoms with Crippen LogP contribution in [0.1, 0.15) is 21.0 Å². The van der Waals surface area contributed by atoms with Gasteiger partial charge in [-0.1, -0.05) is 36.4 Å². The van der Waals surface area contributed by atoms with Crippen LogP contribution in [0, 0.1) is 0 Å². The molecule has 1 heterocycles. The fraction of sp³-hybridized carbons (Fsp3) is 0.0556. The number of nitrogens with zero attached hydrogens (tertiary/aromatic N) is 2. The molecule has 0 saturated heterocycles. The van der Waals surface area contributed by atoms with Crippen LogP contribution in [0.25, 0.3) is 0 Å². The van der Waals surface area contributed by atoms with Gasteiger partial charge in [-0.3, -0.25) is 9.59 Å². The highest BCUT2D eigenvalue weighted by atomic mass is 16.2. The summed E-state index contributed by atoms with van der Waals surface area (Å²) in [6.45, 7) is 0. The lowest BCUT2D eigenvalue weighted by Crippen LogP contribution is -2.22. The molecule has 0 bridgehead atoms. The van der Waals surface area contributed by atoms with E-state index < -0.39 is 5.91 Å². The van der Waals surface area contributed by atoms with Gasteiger partial charge in [-0.15, -0.1) is 0 Å². The van der Waals surface area contributed by atoms with Crippen LogP contribution in [-0.4, -0.2) is 21.4 Å². The van der Waals surface area contributed by atoms with Crippen molar-refractivity contribution in [1.82, 2.24) is 9.55 Å². The van der Waals surface area contributed by atoms with Crippen molar-refractivity contribution in [3.05, 3.63) is 78.4 Å². The predicted octanol–water partition coefficient (Wildman–Crippen LogP) is 2.92. The van der Waals surface area contributed by atoms with Gasteiger partial charge in [0.2, 0.25) is 0 Å². The van der Waals surface area contributed by atoms with Crippen LogP contribution in [-0.2, 0) is 7.05 Å². The number of anilines is 2. The van der Waals surface area contributed by atoms with Crippen LogP contribution in [0.15, 0.2) is 67.0 Å². The number of carbonyl (C=O) groups excluding carboxylic acids is 2. The second-order valence-electron chi connectivity index (χ2n) is 5.19. The Morgan fingerprint density at radius 2 is 1.33 bits per heavy atom. The summed E-state index contributed by atoms with van der Waals surface area (Å²) in [6, 6.07) is 18.1. The summed E-state index contributed by atoms with van der Waals surface area (Å²) in [7, 11) is 1.67. The molecule has 24 heavy (non-hydrogen) atoms. The van der Waals surface area contributed by atoms with E-state index in [-0.39, 0.29) is 17.3 Å². The molecular weight excluding hydrogens is 304 g/mol. The fourth-order valence-corrected chi connectivity index (χ4v) is 2.29. The lowest BCUT2D eigenvalue weighted by atomic mass is 10.2. The molecule has 0 unspecified atom stereocenters. The number of para-hydroxylation sites is 2. The highest BCUT2D eigenvalue weighted by molar-refractivity contribution is 6.13. The first-order chi connectivity index (χ1) is 11.6. The first-order valence-corrected chi connectivity index (χ1v) is 7.39. The third-order valence-electron chi connectivity index (χ3n) is 3.43. The molecule has 6 heteroatoms. The van der Waals surface area contributed by atoms with Crippen LogP contribution in [0.4, 0.5) is 11.4 Å². The number of imidazole rings is 1. The van der Waals surface area contributed by atoms with Gasteiger partial charge in [-0.25, -0.2) is 4.98 Å². The maximum absolute atomic E-state index is 12.5. The number of rotatable bonds is 4.